The summed E-state index contributed by atoms with van der Waals surface area (Å²) in [6.07, 6.45) is -1.18. The zero-order valence-electron chi connectivity index (χ0n) is 11.9. The zero-order chi connectivity index (χ0) is 16.8. The maximum absolute atomic E-state index is 12.0. The molecule has 2 aromatic carbocycles. The number of non-ortho nitro benzene ring substituents is 1. The second-order valence-electron chi connectivity index (χ2n) is 4.62. The van der Waals surface area contributed by atoms with E-state index in [1.54, 1.807) is 24.3 Å². The first kappa shape index (κ1) is 16.0. The summed E-state index contributed by atoms with van der Waals surface area (Å²) >= 11 is 0. The molecule has 0 spiro atoms. The van der Waals surface area contributed by atoms with Crippen molar-refractivity contribution in [1.29, 1.82) is 0 Å². The monoisotopic (exact) mass is 315 g/mol. The van der Waals surface area contributed by atoms with E-state index in [4.69, 9.17) is 5.11 Å². The van der Waals surface area contributed by atoms with Gasteiger partial charge in [0.25, 0.3) is 11.6 Å². The molecule has 0 saturated carbocycles. The molecule has 0 fully saturated rings. The molecular formula is C15H13N3O5. The lowest BCUT2D eigenvalue weighted by molar-refractivity contribution is -0.384. The SMILES string of the molecule is O=C(O)Nc1cccc(CNC(=O)c2cccc([N+](=O)[O-])c2)c1. The number of rotatable bonds is 5. The van der Waals surface area contributed by atoms with Gasteiger partial charge in [-0.05, 0) is 23.8 Å². The molecule has 0 unspecified atom stereocenters. The molecule has 0 atom stereocenters. The third-order valence-electron chi connectivity index (χ3n) is 2.95. The lowest BCUT2D eigenvalue weighted by atomic mass is 10.1. The number of nitro groups is 1. The molecule has 0 aliphatic rings. The molecule has 0 saturated heterocycles. The Labute approximate surface area is 130 Å². The maximum atomic E-state index is 12.0. The first-order chi connectivity index (χ1) is 11.0. The summed E-state index contributed by atoms with van der Waals surface area (Å²) in [6, 6.07) is 12.0. The summed E-state index contributed by atoms with van der Waals surface area (Å²) in [7, 11) is 0. The van der Waals surface area contributed by atoms with Crippen molar-refractivity contribution in [3.63, 3.8) is 0 Å². The fraction of sp³-hybridized carbons (Fsp3) is 0.0667. The van der Waals surface area contributed by atoms with E-state index >= 15 is 0 Å². The van der Waals surface area contributed by atoms with Crippen LogP contribution in [0.15, 0.2) is 48.5 Å². The van der Waals surface area contributed by atoms with Crippen molar-refractivity contribution in [3.8, 4) is 0 Å². The molecule has 0 heterocycles. The summed E-state index contributed by atoms with van der Waals surface area (Å²) in [5.41, 5.74) is 1.10. The van der Waals surface area contributed by atoms with Crippen molar-refractivity contribution in [2.45, 2.75) is 6.54 Å². The van der Waals surface area contributed by atoms with Crippen LogP contribution in [-0.4, -0.2) is 22.0 Å². The molecule has 0 aliphatic carbocycles. The van der Waals surface area contributed by atoms with E-state index in [9.17, 15) is 19.7 Å². The molecule has 8 heteroatoms. The molecule has 0 aliphatic heterocycles. The number of nitrogens with zero attached hydrogens (tertiary/aromatic N) is 1. The third kappa shape index (κ3) is 4.53. The highest BCUT2D eigenvalue weighted by molar-refractivity contribution is 5.94. The van der Waals surface area contributed by atoms with E-state index in [0.717, 1.165) is 0 Å². The van der Waals surface area contributed by atoms with E-state index in [-0.39, 0.29) is 17.8 Å². The van der Waals surface area contributed by atoms with Crippen LogP contribution in [0.1, 0.15) is 15.9 Å². The van der Waals surface area contributed by atoms with Gasteiger partial charge in [-0.1, -0.05) is 18.2 Å². The number of carbonyl (C=O) groups excluding carboxylic acids is 1. The zero-order valence-corrected chi connectivity index (χ0v) is 11.9. The van der Waals surface area contributed by atoms with E-state index in [0.29, 0.717) is 11.3 Å². The Morgan fingerprint density at radius 3 is 2.57 bits per heavy atom. The van der Waals surface area contributed by atoms with Crippen LogP contribution >= 0.6 is 0 Å². The standard InChI is InChI=1S/C15H13N3O5/c19-14(11-4-2-6-13(8-11)18(22)23)16-9-10-3-1-5-12(7-10)17-15(20)21/h1-8,17H,9H2,(H,16,19)(H,20,21). The molecule has 23 heavy (non-hydrogen) atoms. The van der Waals surface area contributed by atoms with Crippen LogP contribution in [0.3, 0.4) is 0 Å². The first-order valence-corrected chi connectivity index (χ1v) is 6.57. The number of nitro benzene ring substituents is 1. The molecule has 0 radical (unpaired) electrons. The van der Waals surface area contributed by atoms with Gasteiger partial charge < -0.3 is 10.4 Å². The van der Waals surface area contributed by atoms with Gasteiger partial charge in [-0.2, -0.15) is 0 Å². The Balaban J connectivity index is 2.03. The van der Waals surface area contributed by atoms with Crippen LogP contribution in [0, 0.1) is 10.1 Å². The molecule has 0 aromatic heterocycles. The van der Waals surface area contributed by atoms with E-state index < -0.39 is 16.9 Å². The van der Waals surface area contributed by atoms with Crippen molar-refractivity contribution in [2.75, 3.05) is 5.32 Å². The quantitative estimate of drug-likeness (QED) is 0.578. The van der Waals surface area contributed by atoms with Gasteiger partial charge in [0, 0.05) is 29.9 Å². The summed E-state index contributed by atoms with van der Waals surface area (Å²) in [6.45, 7) is 0.163. The summed E-state index contributed by atoms with van der Waals surface area (Å²) in [5.74, 6) is -0.453. The van der Waals surface area contributed by atoms with E-state index in [1.807, 2.05) is 0 Å². The Kier molecular flexibility index (Phi) is 4.88. The fourth-order valence-electron chi connectivity index (χ4n) is 1.93. The number of carbonyl (C=O) groups is 2. The second kappa shape index (κ2) is 7.03. The highest BCUT2D eigenvalue weighted by atomic mass is 16.6. The van der Waals surface area contributed by atoms with Crippen LogP contribution in [0.2, 0.25) is 0 Å². The summed E-state index contributed by atoms with van der Waals surface area (Å²) < 4.78 is 0. The van der Waals surface area contributed by atoms with Crippen molar-refractivity contribution in [1.82, 2.24) is 5.32 Å². The Morgan fingerprint density at radius 1 is 1.13 bits per heavy atom. The molecule has 2 rings (SSSR count). The predicted octanol–water partition coefficient (Wildman–Crippen LogP) is 2.61. The van der Waals surface area contributed by atoms with Crippen LogP contribution in [0.25, 0.3) is 0 Å². The lowest BCUT2D eigenvalue weighted by Gasteiger charge is -2.07. The third-order valence-corrected chi connectivity index (χ3v) is 2.95. The number of carboxylic acid groups (broad SMARTS) is 1. The molecule has 0 bridgehead atoms. The van der Waals surface area contributed by atoms with Crippen molar-refractivity contribution < 1.29 is 19.6 Å². The molecule has 2 amide bonds. The summed E-state index contributed by atoms with van der Waals surface area (Å²) in [4.78, 5) is 32.7. The molecule has 8 nitrogen and oxygen atoms in total. The Morgan fingerprint density at radius 2 is 1.87 bits per heavy atom. The van der Waals surface area contributed by atoms with E-state index in [1.165, 1.54) is 24.3 Å². The molecule has 2 aromatic rings. The van der Waals surface area contributed by atoms with E-state index in [2.05, 4.69) is 10.6 Å². The number of hydrogen-bond acceptors (Lipinski definition) is 4. The number of amides is 2. The van der Waals surface area contributed by atoms with Crippen molar-refractivity contribution in [3.05, 3.63) is 69.8 Å². The van der Waals surface area contributed by atoms with Crippen LogP contribution < -0.4 is 10.6 Å². The molecule has 3 N–H and O–H groups in total. The minimum Gasteiger partial charge on any atom is -0.465 e. The van der Waals surface area contributed by atoms with Gasteiger partial charge in [0.15, 0.2) is 0 Å². The molecule has 118 valence electrons. The normalized spacial score (nSPS) is 9.91. The van der Waals surface area contributed by atoms with Crippen molar-refractivity contribution >= 4 is 23.4 Å². The predicted molar refractivity (Wildman–Crippen MR) is 82.4 cm³/mol. The van der Waals surface area contributed by atoms with Gasteiger partial charge in [0.05, 0.1) is 4.92 Å². The second-order valence-corrected chi connectivity index (χ2v) is 4.62. The minimum absolute atomic E-state index is 0.162. The minimum atomic E-state index is -1.18. The highest BCUT2D eigenvalue weighted by Gasteiger charge is 2.11. The topological polar surface area (TPSA) is 122 Å². The average molecular weight is 315 g/mol. The number of nitrogens with one attached hydrogen (secondary N) is 2. The van der Waals surface area contributed by atoms with Crippen LogP contribution in [-0.2, 0) is 6.54 Å². The largest absolute Gasteiger partial charge is 0.465 e. The van der Waals surface area contributed by atoms with Gasteiger partial charge in [-0.25, -0.2) is 4.79 Å². The van der Waals surface area contributed by atoms with Gasteiger partial charge in [0.1, 0.15) is 0 Å². The number of anilines is 1. The van der Waals surface area contributed by atoms with Crippen LogP contribution in [0.4, 0.5) is 16.2 Å². The number of hydrogen-bond donors (Lipinski definition) is 3. The average Bonchev–Trinajstić information content (AvgIpc) is 2.52. The van der Waals surface area contributed by atoms with Crippen LogP contribution in [0.5, 0.6) is 0 Å². The highest BCUT2D eigenvalue weighted by Crippen LogP contribution is 2.14. The van der Waals surface area contributed by atoms with Gasteiger partial charge in [-0.15, -0.1) is 0 Å². The summed E-state index contributed by atoms with van der Waals surface area (Å²) in [5, 5.41) is 24.2. The molecular weight excluding hydrogens is 302 g/mol. The smallest absolute Gasteiger partial charge is 0.409 e. The van der Waals surface area contributed by atoms with Gasteiger partial charge >= 0.3 is 6.09 Å². The fourth-order valence-corrected chi connectivity index (χ4v) is 1.93. The number of benzene rings is 2. The van der Waals surface area contributed by atoms with Gasteiger partial charge in [-0.3, -0.25) is 20.2 Å². The Bertz CT molecular complexity index is 760. The Hall–Kier alpha value is -3.42. The van der Waals surface area contributed by atoms with Gasteiger partial charge in [0.2, 0.25) is 0 Å². The van der Waals surface area contributed by atoms with Crippen molar-refractivity contribution in [2.24, 2.45) is 0 Å². The first-order valence-electron chi connectivity index (χ1n) is 6.57. The maximum Gasteiger partial charge on any atom is 0.409 e. The lowest BCUT2D eigenvalue weighted by Crippen LogP contribution is -2.22.